The van der Waals surface area contributed by atoms with Crippen molar-refractivity contribution < 1.29 is 20.1 Å². The highest BCUT2D eigenvalue weighted by Crippen LogP contribution is 2.44. The molecular weight excluding hydrogens is 570 g/mol. The minimum Gasteiger partial charge on any atom is -0.423 e. The average molecular weight is 624 g/mol. The van der Waals surface area contributed by atoms with Crippen LogP contribution in [0.15, 0.2) is 78.9 Å². The first kappa shape index (κ1) is 34.9. The lowest BCUT2D eigenvalue weighted by atomic mass is 9.77. The van der Waals surface area contributed by atoms with Crippen LogP contribution in [-0.2, 0) is 19.6 Å². The number of rotatable bonds is 18. The van der Waals surface area contributed by atoms with Crippen molar-refractivity contribution in [3.05, 3.63) is 95.6 Å². The van der Waals surface area contributed by atoms with E-state index in [2.05, 4.69) is 40.1 Å². The van der Waals surface area contributed by atoms with Crippen molar-refractivity contribution in [3.63, 3.8) is 0 Å². The third kappa shape index (κ3) is 10.3. The summed E-state index contributed by atoms with van der Waals surface area (Å²) in [5.74, 6) is 2.52. The maximum absolute atomic E-state index is 10.0. The molecule has 3 aromatic rings. The van der Waals surface area contributed by atoms with Crippen LogP contribution in [0.5, 0.6) is 0 Å². The Hall–Kier alpha value is -2.45. The number of unbranched alkanes of at least 4 members (excludes halogenated alkanes) is 3. The number of hydrogen-bond donors (Lipinski definition) is 4. The zero-order chi connectivity index (χ0) is 32.1. The minimum absolute atomic E-state index is 0.577. The molecule has 46 heavy (non-hydrogen) atoms. The highest BCUT2D eigenvalue weighted by atomic mass is 16.4. The molecule has 2 atom stereocenters. The molecule has 3 aromatic carbocycles. The van der Waals surface area contributed by atoms with Crippen molar-refractivity contribution in [3.8, 4) is 0 Å². The number of nitrogens with zero attached hydrogens (tertiary/aromatic N) is 2. The molecule has 0 bridgehead atoms. The zero-order valence-corrected chi connectivity index (χ0v) is 27.6. The summed E-state index contributed by atoms with van der Waals surface area (Å²) in [4.78, 5) is 5.03. The lowest BCUT2D eigenvalue weighted by molar-refractivity contribution is 0.165. The molecule has 0 aromatic heterocycles. The smallest absolute Gasteiger partial charge is 0.423 e. The molecule has 0 heterocycles. The van der Waals surface area contributed by atoms with Gasteiger partial charge in [-0.2, -0.15) is 0 Å². The average Bonchev–Trinajstić information content (AvgIpc) is 3.76. The van der Waals surface area contributed by atoms with Crippen molar-refractivity contribution in [2.24, 2.45) is 17.8 Å². The minimum atomic E-state index is -1.47. The molecule has 2 saturated carbocycles. The molecule has 0 spiro atoms. The highest BCUT2D eigenvalue weighted by molar-refractivity contribution is 6.59. The van der Waals surface area contributed by atoms with Crippen LogP contribution in [-0.4, -0.2) is 63.8 Å². The summed E-state index contributed by atoms with van der Waals surface area (Å²) in [6.45, 7) is 5.35. The van der Waals surface area contributed by atoms with E-state index in [0.717, 1.165) is 87.3 Å². The van der Waals surface area contributed by atoms with E-state index in [0.29, 0.717) is 17.5 Å². The Morgan fingerprint density at radius 3 is 1.70 bits per heavy atom. The molecule has 0 amide bonds. The van der Waals surface area contributed by atoms with Crippen molar-refractivity contribution in [2.45, 2.75) is 90.3 Å². The van der Waals surface area contributed by atoms with Gasteiger partial charge in [0.05, 0.1) is 0 Å². The van der Waals surface area contributed by atoms with Crippen molar-refractivity contribution in [1.29, 1.82) is 0 Å². The molecule has 0 aliphatic heterocycles. The third-order valence-corrected chi connectivity index (χ3v) is 10.6. The van der Waals surface area contributed by atoms with E-state index >= 15 is 0 Å². The van der Waals surface area contributed by atoms with Gasteiger partial charge < -0.3 is 20.1 Å². The number of benzene rings is 3. The maximum atomic E-state index is 10.0. The first-order valence-corrected chi connectivity index (χ1v) is 17.8. The molecule has 8 heteroatoms. The van der Waals surface area contributed by atoms with Crippen molar-refractivity contribution in [1.82, 2.24) is 9.80 Å². The second kappa shape index (κ2) is 18.2. The summed E-state index contributed by atoms with van der Waals surface area (Å²) in [5.41, 5.74) is 4.45. The summed E-state index contributed by atoms with van der Waals surface area (Å²) in [6, 6.07) is 25.9. The van der Waals surface area contributed by atoms with E-state index in [-0.39, 0.29) is 0 Å². The monoisotopic (exact) mass is 624 g/mol. The van der Waals surface area contributed by atoms with Crippen LogP contribution in [0.3, 0.4) is 0 Å². The first-order valence-electron chi connectivity index (χ1n) is 17.8. The summed E-state index contributed by atoms with van der Waals surface area (Å²) >= 11 is 0. The number of hydrogen-bond acceptors (Lipinski definition) is 6. The molecule has 2 aliphatic rings. The van der Waals surface area contributed by atoms with Crippen LogP contribution in [0.2, 0.25) is 0 Å². The van der Waals surface area contributed by atoms with E-state index in [4.69, 9.17) is 0 Å². The van der Waals surface area contributed by atoms with Gasteiger partial charge in [0.15, 0.2) is 0 Å². The molecule has 1 unspecified atom stereocenters. The van der Waals surface area contributed by atoms with Crippen LogP contribution in [0.1, 0.15) is 87.3 Å². The zero-order valence-electron chi connectivity index (χ0n) is 27.6. The second-order valence-electron chi connectivity index (χ2n) is 13.9. The molecule has 5 rings (SSSR count). The van der Waals surface area contributed by atoms with Gasteiger partial charge in [0, 0.05) is 26.2 Å². The molecule has 0 radical (unpaired) electrons. The van der Waals surface area contributed by atoms with Crippen LogP contribution in [0, 0.1) is 17.8 Å². The second-order valence-corrected chi connectivity index (χ2v) is 13.9. The molecule has 4 N–H and O–H groups in total. The van der Waals surface area contributed by atoms with E-state index in [1.807, 2.05) is 42.5 Å². The van der Waals surface area contributed by atoms with Gasteiger partial charge in [-0.25, -0.2) is 0 Å². The fourth-order valence-corrected chi connectivity index (χ4v) is 8.29. The van der Waals surface area contributed by atoms with E-state index in [1.165, 1.54) is 50.5 Å². The van der Waals surface area contributed by atoms with E-state index in [9.17, 15) is 20.1 Å². The normalized spacial score (nSPS) is 18.6. The topological polar surface area (TPSA) is 87.4 Å². The Balaban J connectivity index is 1.16. The largest absolute Gasteiger partial charge is 0.488 e. The molecule has 0 saturated heterocycles. The van der Waals surface area contributed by atoms with Crippen LogP contribution in [0.25, 0.3) is 0 Å². The molecule has 246 valence electrons. The summed E-state index contributed by atoms with van der Waals surface area (Å²) in [7, 11) is -2.91. The summed E-state index contributed by atoms with van der Waals surface area (Å²) < 4.78 is 0. The quantitative estimate of drug-likeness (QED) is 0.121. The molecule has 2 fully saturated rings. The van der Waals surface area contributed by atoms with Gasteiger partial charge in [-0.1, -0.05) is 124 Å². The SMILES string of the molecule is OB(O)c1ccccc1CN(CCCCCCN(Cc1ccccc1B(O)O)C[C@H]1CCCC1C1CCCC1)Cc1ccccc1. The highest BCUT2D eigenvalue weighted by Gasteiger charge is 2.35. The van der Waals surface area contributed by atoms with Gasteiger partial charge in [0.1, 0.15) is 0 Å². The summed E-state index contributed by atoms with van der Waals surface area (Å²) in [6.07, 6.45) is 14.2. The van der Waals surface area contributed by atoms with E-state index in [1.54, 1.807) is 6.07 Å². The molecule has 2 aliphatic carbocycles. The van der Waals surface area contributed by atoms with Gasteiger partial charge in [0.2, 0.25) is 0 Å². The Morgan fingerprint density at radius 2 is 1.09 bits per heavy atom. The molecule has 6 nitrogen and oxygen atoms in total. The van der Waals surface area contributed by atoms with Gasteiger partial charge in [-0.3, -0.25) is 9.80 Å². The fourth-order valence-electron chi connectivity index (χ4n) is 8.29. The van der Waals surface area contributed by atoms with E-state index < -0.39 is 14.2 Å². The first-order chi connectivity index (χ1) is 22.5. The van der Waals surface area contributed by atoms with Gasteiger partial charge in [0.25, 0.3) is 0 Å². The third-order valence-electron chi connectivity index (χ3n) is 10.6. The van der Waals surface area contributed by atoms with Crippen LogP contribution >= 0.6 is 0 Å². The van der Waals surface area contributed by atoms with Crippen LogP contribution < -0.4 is 10.9 Å². The Morgan fingerprint density at radius 1 is 0.543 bits per heavy atom. The Kier molecular flexibility index (Phi) is 13.8. The Labute approximate surface area is 277 Å². The van der Waals surface area contributed by atoms with Crippen LogP contribution in [0.4, 0.5) is 0 Å². The van der Waals surface area contributed by atoms with Gasteiger partial charge >= 0.3 is 14.2 Å². The lowest BCUT2D eigenvalue weighted by Crippen LogP contribution is -2.38. The fraction of sp³-hybridized carbons (Fsp3) is 0.526. The predicted molar refractivity (Wildman–Crippen MR) is 190 cm³/mol. The predicted octanol–water partition coefficient (Wildman–Crippen LogP) is 4.72. The van der Waals surface area contributed by atoms with Gasteiger partial charge in [-0.05, 0) is 84.1 Å². The standard InChI is InChI=1S/C38H54B2N2O4/c43-39(44)37-23-10-8-19-34(37)29-41(27-31-15-4-3-5-16-31)25-12-1-2-13-26-42(30-35-20-9-11-24-38(35)40(45)46)28-33-21-14-22-36(33)32-17-6-7-18-32/h3-5,8-11,15-16,19-20,23-24,32-33,36,43-46H,1-2,6-7,12-14,17-18,21-22,25-30H2/t33-,36?/m1/s1. The van der Waals surface area contributed by atoms with Gasteiger partial charge in [-0.15, -0.1) is 0 Å². The Bertz CT molecular complexity index is 1300. The van der Waals surface area contributed by atoms with Crippen molar-refractivity contribution in [2.75, 3.05) is 19.6 Å². The maximum Gasteiger partial charge on any atom is 0.488 e. The summed E-state index contributed by atoms with van der Waals surface area (Å²) in [5, 5.41) is 39.9. The molecular formula is C38H54B2N2O4. The van der Waals surface area contributed by atoms with Crippen molar-refractivity contribution >= 4 is 25.2 Å². The lowest BCUT2D eigenvalue weighted by Gasteiger charge is -2.32.